The van der Waals surface area contributed by atoms with E-state index in [-0.39, 0.29) is 19.3 Å². The minimum absolute atomic E-state index is 0.000814. The van der Waals surface area contributed by atoms with E-state index >= 15 is 0 Å². The molecular formula is C17H19Cl2NO2. The Morgan fingerprint density at radius 1 is 1.14 bits per heavy atom. The van der Waals surface area contributed by atoms with Gasteiger partial charge < -0.3 is 15.2 Å². The predicted octanol–water partition coefficient (Wildman–Crippen LogP) is 4.22. The molecule has 1 atom stereocenters. The lowest BCUT2D eigenvalue weighted by molar-refractivity contribution is 0.200. The molecular weight excluding hydrogens is 321 g/mol. The molecule has 2 rings (SSSR count). The largest absolute Gasteiger partial charge is 0.491 e. The molecule has 0 aromatic heterocycles. The predicted molar refractivity (Wildman–Crippen MR) is 90.7 cm³/mol. The summed E-state index contributed by atoms with van der Waals surface area (Å²) in [4.78, 5) is 0. The summed E-state index contributed by atoms with van der Waals surface area (Å²) in [6, 6.07) is 13.4. The van der Waals surface area contributed by atoms with Crippen molar-refractivity contribution >= 4 is 23.2 Å². The fraction of sp³-hybridized carbons (Fsp3) is 0.294. The number of rotatable bonds is 7. The minimum atomic E-state index is -0.000814. The summed E-state index contributed by atoms with van der Waals surface area (Å²) in [5, 5.41) is 13.6. The zero-order valence-electron chi connectivity index (χ0n) is 12.4. The van der Waals surface area contributed by atoms with Crippen LogP contribution in [0.2, 0.25) is 10.0 Å². The van der Waals surface area contributed by atoms with Gasteiger partial charge in [-0.15, -0.1) is 0 Å². The van der Waals surface area contributed by atoms with Crippen LogP contribution in [-0.2, 0) is 6.54 Å². The van der Waals surface area contributed by atoms with E-state index < -0.39 is 0 Å². The molecule has 0 amide bonds. The van der Waals surface area contributed by atoms with Gasteiger partial charge in [-0.1, -0.05) is 41.4 Å². The van der Waals surface area contributed by atoms with Gasteiger partial charge in [-0.3, -0.25) is 0 Å². The summed E-state index contributed by atoms with van der Waals surface area (Å²) in [7, 11) is 0. The fourth-order valence-corrected chi connectivity index (χ4v) is 2.70. The third-order valence-corrected chi connectivity index (χ3v) is 3.74. The van der Waals surface area contributed by atoms with Crippen LogP contribution in [0.25, 0.3) is 0 Å². The first kappa shape index (κ1) is 17.1. The highest BCUT2D eigenvalue weighted by Gasteiger charge is 2.09. The Bertz CT molecular complexity index is 599. The molecule has 2 aromatic carbocycles. The molecule has 0 aliphatic carbocycles. The molecule has 3 nitrogen and oxygen atoms in total. The third kappa shape index (κ3) is 4.89. The summed E-state index contributed by atoms with van der Waals surface area (Å²) < 4.78 is 5.53. The van der Waals surface area contributed by atoms with Gasteiger partial charge in [0.15, 0.2) is 0 Å². The number of benzene rings is 2. The summed E-state index contributed by atoms with van der Waals surface area (Å²) in [6.07, 6.45) is 0. The number of hydrogen-bond donors (Lipinski definition) is 2. The van der Waals surface area contributed by atoms with Crippen LogP contribution in [0, 0.1) is 0 Å². The van der Waals surface area contributed by atoms with Crippen LogP contribution in [0.15, 0.2) is 42.5 Å². The molecule has 0 saturated heterocycles. The molecule has 22 heavy (non-hydrogen) atoms. The molecule has 2 N–H and O–H groups in total. The number of hydrogen-bond acceptors (Lipinski definition) is 3. The van der Waals surface area contributed by atoms with Gasteiger partial charge in [0.25, 0.3) is 0 Å². The van der Waals surface area contributed by atoms with E-state index in [0.717, 1.165) is 16.9 Å². The van der Waals surface area contributed by atoms with Crippen molar-refractivity contribution in [2.24, 2.45) is 0 Å². The minimum Gasteiger partial charge on any atom is -0.491 e. The zero-order valence-corrected chi connectivity index (χ0v) is 13.9. The smallest absolute Gasteiger partial charge is 0.123 e. The summed E-state index contributed by atoms with van der Waals surface area (Å²) in [5.74, 6) is 0.778. The lowest BCUT2D eigenvalue weighted by Gasteiger charge is -2.17. The number of para-hydroxylation sites is 1. The van der Waals surface area contributed by atoms with E-state index in [9.17, 15) is 0 Å². The Balaban J connectivity index is 2.03. The van der Waals surface area contributed by atoms with Crippen molar-refractivity contribution < 1.29 is 9.84 Å². The van der Waals surface area contributed by atoms with E-state index in [1.165, 1.54) is 0 Å². The van der Waals surface area contributed by atoms with Gasteiger partial charge in [-0.25, -0.2) is 0 Å². The highest BCUT2D eigenvalue weighted by atomic mass is 35.5. The van der Waals surface area contributed by atoms with Crippen LogP contribution < -0.4 is 10.1 Å². The van der Waals surface area contributed by atoms with Crippen molar-refractivity contribution in [3.8, 4) is 5.75 Å². The van der Waals surface area contributed by atoms with E-state index in [4.69, 9.17) is 33.0 Å². The highest BCUT2D eigenvalue weighted by Crippen LogP contribution is 2.24. The second-order valence-electron chi connectivity index (χ2n) is 4.99. The second-order valence-corrected chi connectivity index (χ2v) is 5.86. The molecule has 0 aliphatic heterocycles. The van der Waals surface area contributed by atoms with Crippen molar-refractivity contribution in [1.29, 1.82) is 0 Å². The monoisotopic (exact) mass is 339 g/mol. The van der Waals surface area contributed by atoms with Crippen LogP contribution in [0.4, 0.5) is 0 Å². The molecule has 118 valence electrons. The quantitative estimate of drug-likeness (QED) is 0.793. The van der Waals surface area contributed by atoms with Gasteiger partial charge in [-0.05, 0) is 36.8 Å². The Morgan fingerprint density at radius 2 is 1.82 bits per heavy atom. The Morgan fingerprint density at radius 3 is 2.50 bits per heavy atom. The van der Waals surface area contributed by atoms with Gasteiger partial charge in [0.1, 0.15) is 12.4 Å². The van der Waals surface area contributed by atoms with Crippen LogP contribution in [0.3, 0.4) is 0 Å². The van der Waals surface area contributed by atoms with Crippen LogP contribution >= 0.6 is 23.2 Å². The Kier molecular flexibility index (Phi) is 6.52. The topological polar surface area (TPSA) is 41.5 Å². The van der Waals surface area contributed by atoms with Gasteiger partial charge in [0.2, 0.25) is 0 Å². The molecule has 0 heterocycles. The number of aliphatic hydroxyl groups is 1. The van der Waals surface area contributed by atoms with Gasteiger partial charge in [0, 0.05) is 28.2 Å². The lowest BCUT2D eigenvalue weighted by atomic mass is 10.1. The van der Waals surface area contributed by atoms with Crippen molar-refractivity contribution in [2.75, 3.05) is 13.2 Å². The van der Waals surface area contributed by atoms with E-state index in [2.05, 4.69) is 12.2 Å². The first-order valence-corrected chi connectivity index (χ1v) is 7.86. The molecule has 0 fully saturated rings. The van der Waals surface area contributed by atoms with Gasteiger partial charge in [0.05, 0.1) is 6.61 Å². The summed E-state index contributed by atoms with van der Waals surface area (Å²) in [5.41, 5.74) is 2.07. The van der Waals surface area contributed by atoms with Crippen LogP contribution in [0.5, 0.6) is 5.75 Å². The molecule has 5 heteroatoms. The fourth-order valence-electron chi connectivity index (χ4n) is 2.15. The third-order valence-electron chi connectivity index (χ3n) is 3.31. The van der Waals surface area contributed by atoms with Crippen LogP contribution in [-0.4, -0.2) is 18.3 Å². The van der Waals surface area contributed by atoms with Crippen molar-refractivity contribution in [3.63, 3.8) is 0 Å². The molecule has 0 bridgehead atoms. The molecule has 0 radical (unpaired) electrons. The first-order valence-electron chi connectivity index (χ1n) is 7.11. The first-order chi connectivity index (χ1) is 10.6. The average molecular weight is 340 g/mol. The molecule has 0 saturated carbocycles. The van der Waals surface area contributed by atoms with Crippen molar-refractivity contribution in [2.45, 2.75) is 19.5 Å². The second kappa shape index (κ2) is 8.39. The maximum absolute atomic E-state index is 8.87. The van der Waals surface area contributed by atoms with E-state index in [1.54, 1.807) is 6.07 Å². The van der Waals surface area contributed by atoms with Gasteiger partial charge in [-0.2, -0.15) is 0 Å². The normalized spacial score (nSPS) is 12.2. The van der Waals surface area contributed by atoms with Crippen molar-refractivity contribution in [3.05, 3.63) is 63.6 Å². The number of halogens is 2. The van der Waals surface area contributed by atoms with E-state index in [0.29, 0.717) is 16.6 Å². The zero-order chi connectivity index (χ0) is 15.9. The van der Waals surface area contributed by atoms with E-state index in [1.807, 2.05) is 36.4 Å². The molecule has 2 aromatic rings. The maximum atomic E-state index is 8.87. The standard InChI is InChI=1S/C17H19Cl2NO2/c1-12(14-8-15(18)10-16(19)9-14)20-11-13-4-2-3-5-17(13)22-7-6-21/h2-5,8-10,12,20-21H,6-7,11H2,1H3. The summed E-state index contributed by atoms with van der Waals surface area (Å²) in [6.45, 7) is 2.99. The number of aliphatic hydroxyl groups excluding tert-OH is 1. The number of ether oxygens (including phenoxy) is 1. The SMILES string of the molecule is CC(NCc1ccccc1OCCO)c1cc(Cl)cc(Cl)c1. The molecule has 0 aliphatic rings. The average Bonchev–Trinajstić information content (AvgIpc) is 2.50. The Labute approximate surface area is 140 Å². The van der Waals surface area contributed by atoms with Gasteiger partial charge >= 0.3 is 0 Å². The number of nitrogens with one attached hydrogen (secondary N) is 1. The maximum Gasteiger partial charge on any atom is 0.123 e. The lowest BCUT2D eigenvalue weighted by Crippen LogP contribution is -2.19. The van der Waals surface area contributed by atoms with Crippen LogP contribution in [0.1, 0.15) is 24.1 Å². The molecule has 0 spiro atoms. The molecule has 1 unspecified atom stereocenters. The Hall–Kier alpha value is -1.26. The highest BCUT2D eigenvalue weighted by molar-refractivity contribution is 6.34. The summed E-state index contributed by atoms with van der Waals surface area (Å²) >= 11 is 12.1. The van der Waals surface area contributed by atoms with Crippen molar-refractivity contribution in [1.82, 2.24) is 5.32 Å².